The summed E-state index contributed by atoms with van der Waals surface area (Å²) in [6, 6.07) is 0. The van der Waals surface area contributed by atoms with Crippen LogP contribution in [0.2, 0.25) is 0 Å². The standard InChI is InChI=1S/C18H32O13/c1-4-8(20)11(23)15(16(26)27-4)31-18-13(25)14(9(21)6(3)29-18)30-17-12(24)10(22)7(19)5(2)28-17/h4-26H,1-3H3/t4-,5+,6+,7+,8-,9+,10-,11+,12-,13-,14-,15+,16-,17-,18-/m1/s1. The zero-order chi connectivity index (χ0) is 23.2. The van der Waals surface area contributed by atoms with Crippen molar-refractivity contribution in [1.29, 1.82) is 0 Å². The predicted octanol–water partition coefficient (Wildman–Crippen LogP) is -4.49. The second-order valence-corrected chi connectivity index (χ2v) is 8.29. The van der Waals surface area contributed by atoms with Crippen LogP contribution < -0.4 is 0 Å². The van der Waals surface area contributed by atoms with E-state index in [4.69, 9.17) is 23.7 Å². The fraction of sp³-hybridized carbons (Fsp3) is 1.00. The van der Waals surface area contributed by atoms with E-state index in [1.165, 1.54) is 20.8 Å². The first-order valence-electron chi connectivity index (χ1n) is 10.2. The van der Waals surface area contributed by atoms with Crippen molar-refractivity contribution in [3.05, 3.63) is 0 Å². The zero-order valence-corrected chi connectivity index (χ0v) is 17.3. The van der Waals surface area contributed by atoms with E-state index in [2.05, 4.69) is 0 Å². The maximum absolute atomic E-state index is 10.7. The lowest BCUT2D eigenvalue weighted by Gasteiger charge is -2.47. The van der Waals surface area contributed by atoms with Crippen LogP contribution in [0.4, 0.5) is 0 Å². The maximum atomic E-state index is 10.7. The number of ether oxygens (including phenoxy) is 5. The Kier molecular flexibility index (Phi) is 7.91. The minimum atomic E-state index is -1.70. The summed E-state index contributed by atoms with van der Waals surface area (Å²) in [7, 11) is 0. The van der Waals surface area contributed by atoms with Gasteiger partial charge in [-0.15, -0.1) is 0 Å². The molecule has 13 heteroatoms. The quantitative estimate of drug-likeness (QED) is 0.201. The van der Waals surface area contributed by atoms with Gasteiger partial charge in [0.2, 0.25) is 0 Å². The molecule has 0 aromatic rings. The molecule has 0 aromatic heterocycles. The van der Waals surface area contributed by atoms with Crippen molar-refractivity contribution in [3.63, 3.8) is 0 Å². The first-order valence-corrected chi connectivity index (χ1v) is 10.2. The van der Waals surface area contributed by atoms with Crippen LogP contribution in [-0.4, -0.2) is 133 Å². The molecule has 15 atom stereocenters. The van der Waals surface area contributed by atoms with Crippen molar-refractivity contribution in [2.24, 2.45) is 0 Å². The molecule has 8 N–H and O–H groups in total. The van der Waals surface area contributed by atoms with Gasteiger partial charge < -0.3 is 64.5 Å². The van der Waals surface area contributed by atoms with Crippen molar-refractivity contribution in [1.82, 2.24) is 0 Å². The molecule has 0 aromatic carbocycles. The molecule has 31 heavy (non-hydrogen) atoms. The van der Waals surface area contributed by atoms with Gasteiger partial charge in [0.05, 0.1) is 18.3 Å². The van der Waals surface area contributed by atoms with Gasteiger partial charge in [0.15, 0.2) is 18.9 Å². The molecule has 3 aliphatic heterocycles. The number of hydrogen-bond acceptors (Lipinski definition) is 13. The van der Waals surface area contributed by atoms with Gasteiger partial charge in [-0.2, -0.15) is 0 Å². The van der Waals surface area contributed by atoms with Crippen LogP contribution >= 0.6 is 0 Å². The second-order valence-electron chi connectivity index (χ2n) is 8.29. The van der Waals surface area contributed by atoms with Gasteiger partial charge in [0.1, 0.15) is 54.9 Å². The topological polar surface area (TPSA) is 208 Å². The predicted molar refractivity (Wildman–Crippen MR) is 97.0 cm³/mol. The summed E-state index contributed by atoms with van der Waals surface area (Å²) in [6.45, 7) is 4.34. The molecule has 182 valence electrons. The van der Waals surface area contributed by atoms with Gasteiger partial charge in [0, 0.05) is 0 Å². The van der Waals surface area contributed by atoms with E-state index in [-0.39, 0.29) is 0 Å². The molecule has 0 radical (unpaired) electrons. The van der Waals surface area contributed by atoms with Crippen molar-refractivity contribution < 1.29 is 64.5 Å². The summed E-state index contributed by atoms with van der Waals surface area (Å²) in [5, 5.41) is 81.3. The van der Waals surface area contributed by atoms with Crippen LogP contribution in [0.1, 0.15) is 20.8 Å². The van der Waals surface area contributed by atoms with E-state index in [0.717, 1.165) is 0 Å². The first-order chi connectivity index (χ1) is 14.4. The third-order valence-corrected chi connectivity index (χ3v) is 5.98. The number of aliphatic hydroxyl groups is 8. The highest BCUT2D eigenvalue weighted by molar-refractivity contribution is 4.94. The van der Waals surface area contributed by atoms with E-state index in [0.29, 0.717) is 0 Å². The molecule has 0 unspecified atom stereocenters. The molecule has 3 fully saturated rings. The lowest BCUT2D eigenvalue weighted by Crippen LogP contribution is -2.65. The van der Waals surface area contributed by atoms with E-state index < -0.39 is 92.1 Å². The van der Waals surface area contributed by atoms with Crippen molar-refractivity contribution >= 4 is 0 Å². The number of rotatable bonds is 4. The SMILES string of the molecule is C[C@@H]1O[C@H](O[C@@H]2[C@@H](O)[C@H](C)O[C@H](O[C@H]3[C@@H](O)[C@H](O)[C@@H](C)O[C@H]3O)[C@@H]2O)[C@H](O)[C@H](O)[C@H]1O. The first kappa shape index (κ1) is 25.1. The Labute approximate surface area is 178 Å². The van der Waals surface area contributed by atoms with Crippen molar-refractivity contribution in [3.8, 4) is 0 Å². The lowest BCUT2D eigenvalue weighted by atomic mass is 9.97. The van der Waals surface area contributed by atoms with Crippen LogP contribution in [0.25, 0.3) is 0 Å². The normalized spacial score (nSPS) is 56.4. The molecular formula is C18H32O13. The van der Waals surface area contributed by atoms with Gasteiger partial charge in [-0.05, 0) is 20.8 Å². The maximum Gasteiger partial charge on any atom is 0.187 e. The lowest BCUT2D eigenvalue weighted by molar-refractivity contribution is -0.377. The largest absolute Gasteiger partial charge is 0.388 e. The van der Waals surface area contributed by atoms with E-state index >= 15 is 0 Å². The Morgan fingerprint density at radius 3 is 1.52 bits per heavy atom. The van der Waals surface area contributed by atoms with Gasteiger partial charge in [-0.1, -0.05) is 0 Å². The van der Waals surface area contributed by atoms with E-state index in [1.54, 1.807) is 0 Å². The molecule has 13 nitrogen and oxygen atoms in total. The Balaban J connectivity index is 1.72. The van der Waals surface area contributed by atoms with Crippen molar-refractivity contribution in [2.45, 2.75) is 113 Å². The highest BCUT2D eigenvalue weighted by Crippen LogP contribution is 2.31. The summed E-state index contributed by atoms with van der Waals surface area (Å²) in [5.74, 6) is 0. The smallest absolute Gasteiger partial charge is 0.187 e. The molecule has 0 spiro atoms. The van der Waals surface area contributed by atoms with Gasteiger partial charge in [-0.3, -0.25) is 0 Å². The summed E-state index contributed by atoms with van der Waals surface area (Å²) < 4.78 is 26.9. The summed E-state index contributed by atoms with van der Waals surface area (Å²) in [6.07, 6.45) is -21.0. The second kappa shape index (κ2) is 9.77. The average molecular weight is 456 g/mol. The molecular weight excluding hydrogens is 424 g/mol. The highest BCUT2D eigenvalue weighted by Gasteiger charge is 2.52. The molecule has 0 saturated carbocycles. The molecule has 3 rings (SSSR count). The van der Waals surface area contributed by atoms with Gasteiger partial charge in [0.25, 0.3) is 0 Å². The van der Waals surface area contributed by atoms with Crippen molar-refractivity contribution in [2.75, 3.05) is 0 Å². The van der Waals surface area contributed by atoms with Crippen LogP contribution in [0.5, 0.6) is 0 Å². The number of hydrogen-bond donors (Lipinski definition) is 8. The van der Waals surface area contributed by atoms with Crippen LogP contribution in [-0.2, 0) is 23.7 Å². The van der Waals surface area contributed by atoms with Crippen LogP contribution in [0.15, 0.2) is 0 Å². The minimum Gasteiger partial charge on any atom is -0.388 e. The monoisotopic (exact) mass is 456 g/mol. The number of aliphatic hydroxyl groups excluding tert-OH is 8. The molecule has 3 aliphatic rings. The summed E-state index contributed by atoms with van der Waals surface area (Å²) in [4.78, 5) is 0. The third-order valence-electron chi connectivity index (χ3n) is 5.98. The molecule has 0 bridgehead atoms. The van der Waals surface area contributed by atoms with Gasteiger partial charge in [-0.25, -0.2) is 0 Å². The molecule has 3 saturated heterocycles. The fourth-order valence-corrected chi connectivity index (χ4v) is 3.87. The Morgan fingerprint density at radius 2 is 0.903 bits per heavy atom. The van der Waals surface area contributed by atoms with E-state index in [9.17, 15) is 40.9 Å². The molecule has 3 heterocycles. The highest BCUT2D eigenvalue weighted by atomic mass is 16.7. The average Bonchev–Trinajstić information content (AvgIpc) is 2.72. The fourth-order valence-electron chi connectivity index (χ4n) is 3.87. The van der Waals surface area contributed by atoms with Crippen LogP contribution in [0, 0.1) is 0 Å². The molecule has 0 aliphatic carbocycles. The van der Waals surface area contributed by atoms with E-state index in [1.807, 2.05) is 0 Å². The summed E-state index contributed by atoms with van der Waals surface area (Å²) in [5.41, 5.74) is 0. The Hall–Kier alpha value is -0.520. The third kappa shape index (κ3) is 4.89. The Morgan fingerprint density at radius 1 is 0.452 bits per heavy atom. The Bertz CT molecular complexity index is 595. The van der Waals surface area contributed by atoms with Gasteiger partial charge >= 0.3 is 0 Å². The minimum absolute atomic E-state index is 0.868. The van der Waals surface area contributed by atoms with Crippen LogP contribution in [0.3, 0.4) is 0 Å². The molecule has 0 amide bonds. The zero-order valence-electron chi connectivity index (χ0n) is 17.3. The summed E-state index contributed by atoms with van der Waals surface area (Å²) >= 11 is 0.